The molecule has 1 heterocycles. The van der Waals surface area contributed by atoms with Crippen LogP contribution in [0, 0.1) is 10.1 Å². The van der Waals surface area contributed by atoms with Gasteiger partial charge >= 0.3 is 11.8 Å². The van der Waals surface area contributed by atoms with Gasteiger partial charge in [0.1, 0.15) is 0 Å². The highest BCUT2D eigenvalue weighted by molar-refractivity contribution is 6.39. The number of carbonyl (C=O) groups is 2. The van der Waals surface area contributed by atoms with E-state index in [2.05, 4.69) is 39.6 Å². The van der Waals surface area contributed by atoms with Gasteiger partial charge in [0.05, 0.1) is 4.92 Å². The van der Waals surface area contributed by atoms with Crippen LogP contribution in [0.5, 0.6) is 0 Å². The topological polar surface area (TPSA) is 108 Å². The van der Waals surface area contributed by atoms with E-state index in [9.17, 15) is 19.7 Å². The number of anilines is 2. The second-order valence-corrected chi connectivity index (χ2v) is 7.22. The molecule has 2 aromatic rings. The molecule has 0 saturated carbocycles. The van der Waals surface area contributed by atoms with Crippen LogP contribution >= 0.6 is 0 Å². The maximum atomic E-state index is 12.0. The highest BCUT2D eigenvalue weighted by Gasteiger charge is 2.16. The van der Waals surface area contributed by atoms with Crippen molar-refractivity contribution in [3.8, 4) is 0 Å². The molecule has 0 radical (unpaired) electrons. The summed E-state index contributed by atoms with van der Waals surface area (Å²) < 4.78 is 0. The molecule has 0 spiro atoms. The van der Waals surface area contributed by atoms with Crippen LogP contribution in [0.15, 0.2) is 48.5 Å². The lowest BCUT2D eigenvalue weighted by molar-refractivity contribution is -0.384. The molecule has 0 atom stereocenters. The van der Waals surface area contributed by atoms with Gasteiger partial charge in [0.15, 0.2) is 0 Å². The highest BCUT2D eigenvalue weighted by atomic mass is 16.6. The van der Waals surface area contributed by atoms with Gasteiger partial charge in [0, 0.05) is 56.2 Å². The van der Waals surface area contributed by atoms with Crippen LogP contribution in [-0.4, -0.2) is 61.4 Å². The molecule has 1 aliphatic rings. The van der Waals surface area contributed by atoms with E-state index in [-0.39, 0.29) is 11.4 Å². The van der Waals surface area contributed by atoms with E-state index >= 15 is 0 Å². The number of nitro groups is 1. The Morgan fingerprint density at radius 3 is 2.40 bits per heavy atom. The van der Waals surface area contributed by atoms with E-state index in [1.807, 2.05) is 12.1 Å². The van der Waals surface area contributed by atoms with Crippen LogP contribution in [0.1, 0.15) is 5.56 Å². The van der Waals surface area contributed by atoms with Crippen molar-refractivity contribution in [2.24, 2.45) is 0 Å². The summed E-state index contributed by atoms with van der Waals surface area (Å²) in [4.78, 5) is 38.8. The number of amides is 2. The Morgan fingerprint density at radius 2 is 1.73 bits per heavy atom. The second kappa shape index (κ2) is 9.84. The van der Waals surface area contributed by atoms with Gasteiger partial charge < -0.3 is 20.4 Å². The van der Waals surface area contributed by atoms with Crippen molar-refractivity contribution < 1.29 is 14.5 Å². The number of nitrogens with zero attached hydrogens (tertiary/aromatic N) is 3. The van der Waals surface area contributed by atoms with E-state index < -0.39 is 16.7 Å². The van der Waals surface area contributed by atoms with Crippen molar-refractivity contribution in [2.45, 2.75) is 6.42 Å². The molecule has 1 aliphatic heterocycles. The molecule has 30 heavy (non-hydrogen) atoms. The normalized spacial score (nSPS) is 14.2. The molecule has 3 rings (SSSR count). The summed E-state index contributed by atoms with van der Waals surface area (Å²) in [6.45, 7) is 4.42. The zero-order valence-electron chi connectivity index (χ0n) is 16.8. The van der Waals surface area contributed by atoms with E-state index in [0.29, 0.717) is 13.0 Å². The Bertz CT molecular complexity index is 908. The first-order valence-electron chi connectivity index (χ1n) is 9.78. The van der Waals surface area contributed by atoms with Gasteiger partial charge in [-0.3, -0.25) is 19.7 Å². The number of rotatable bonds is 6. The van der Waals surface area contributed by atoms with Crippen molar-refractivity contribution >= 4 is 28.9 Å². The van der Waals surface area contributed by atoms with Gasteiger partial charge in [-0.05, 0) is 37.2 Å². The zero-order chi connectivity index (χ0) is 21.5. The van der Waals surface area contributed by atoms with Gasteiger partial charge in [0.25, 0.3) is 5.69 Å². The van der Waals surface area contributed by atoms with Crippen molar-refractivity contribution in [3.63, 3.8) is 0 Å². The second-order valence-electron chi connectivity index (χ2n) is 7.22. The average Bonchev–Trinajstić information content (AvgIpc) is 2.75. The summed E-state index contributed by atoms with van der Waals surface area (Å²) >= 11 is 0. The van der Waals surface area contributed by atoms with Crippen molar-refractivity contribution in [1.82, 2.24) is 10.2 Å². The predicted octanol–water partition coefficient (Wildman–Crippen LogP) is 1.64. The molecule has 0 bridgehead atoms. The summed E-state index contributed by atoms with van der Waals surface area (Å²) in [5.74, 6) is -1.64. The molecule has 9 heteroatoms. The molecule has 1 saturated heterocycles. The highest BCUT2D eigenvalue weighted by Crippen LogP contribution is 2.18. The predicted molar refractivity (Wildman–Crippen MR) is 115 cm³/mol. The molecular formula is C21H25N5O4. The van der Waals surface area contributed by atoms with E-state index in [4.69, 9.17) is 0 Å². The maximum Gasteiger partial charge on any atom is 0.313 e. The van der Waals surface area contributed by atoms with Gasteiger partial charge in [-0.2, -0.15) is 0 Å². The lowest BCUT2D eigenvalue weighted by Crippen LogP contribution is -2.44. The Balaban J connectivity index is 1.44. The molecule has 2 amide bonds. The minimum Gasteiger partial charge on any atom is -0.369 e. The minimum atomic E-state index is -0.860. The molecule has 0 aliphatic carbocycles. The number of nitrogens with one attached hydrogen (secondary N) is 2. The number of hydrogen-bond donors (Lipinski definition) is 2. The Kier molecular flexibility index (Phi) is 6.97. The molecule has 9 nitrogen and oxygen atoms in total. The number of likely N-dealkylation sites (N-methyl/N-ethyl adjacent to an activating group) is 1. The lowest BCUT2D eigenvalue weighted by atomic mass is 10.1. The molecule has 2 aromatic carbocycles. The number of hydrogen-bond acceptors (Lipinski definition) is 6. The van der Waals surface area contributed by atoms with Crippen LogP contribution in [0.25, 0.3) is 0 Å². The number of non-ortho nitro benzene ring substituents is 1. The van der Waals surface area contributed by atoms with Crippen LogP contribution in [0.4, 0.5) is 17.1 Å². The van der Waals surface area contributed by atoms with Gasteiger partial charge in [-0.25, -0.2) is 0 Å². The van der Waals surface area contributed by atoms with E-state index in [1.54, 1.807) is 0 Å². The average molecular weight is 411 g/mol. The first kappa shape index (κ1) is 21.3. The van der Waals surface area contributed by atoms with Gasteiger partial charge in [-0.15, -0.1) is 0 Å². The van der Waals surface area contributed by atoms with Crippen molar-refractivity contribution in [3.05, 3.63) is 64.2 Å². The Hall–Kier alpha value is -3.46. The summed E-state index contributed by atoms with van der Waals surface area (Å²) in [7, 11) is 2.12. The van der Waals surface area contributed by atoms with Gasteiger partial charge in [-0.1, -0.05) is 18.2 Å². The van der Waals surface area contributed by atoms with Crippen molar-refractivity contribution in [1.29, 1.82) is 0 Å². The number of nitro benzene ring substituents is 1. The SMILES string of the molecule is CN1CCN(c2ccc(CCNC(=O)C(=O)Nc3cccc([N+](=O)[O-])c3)cc2)CC1. The largest absolute Gasteiger partial charge is 0.369 e. The number of piperazine rings is 1. The maximum absolute atomic E-state index is 12.0. The van der Waals surface area contributed by atoms with E-state index in [1.165, 1.54) is 30.0 Å². The third-order valence-electron chi connectivity index (χ3n) is 5.03. The van der Waals surface area contributed by atoms with Crippen LogP contribution in [-0.2, 0) is 16.0 Å². The first-order valence-corrected chi connectivity index (χ1v) is 9.78. The van der Waals surface area contributed by atoms with Crippen LogP contribution in [0.2, 0.25) is 0 Å². The third-order valence-corrected chi connectivity index (χ3v) is 5.03. The fourth-order valence-corrected chi connectivity index (χ4v) is 3.22. The summed E-state index contributed by atoms with van der Waals surface area (Å²) in [6.07, 6.45) is 0.596. The fourth-order valence-electron chi connectivity index (χ4n) is 3.22. The summed E-state index contributed by atoms with van der Waals surface area (Å²) in [5, 5.41) is 15.7. The first-order chi connectivity index (χ1) is 14.4. The molecule has 1 fully saturated rings. The molecule has 0 unspecified atom stereocenters. The standard InChI is InChI=1S/C21H25N5O4/c1-24-11-13-25(14-12-24)18-7-5-16(6-8-18)9-10-22-20(27)21(28)23-17-3-2-4-19(15-17)26(29)30/h2-8,15H,9-14H2,1H3,(H,22,27)(H,23,28). The van der Waals surface area contributed by atoms with Crippen molar-refractivity contribution in [2.75, 3.05) is 50.0 Å². The molecular weight excluding hydrogens is 386 g/mol. The molecule has 158 valence electrons. The van der Waals surface area contributed by atoms with E-state index in [0.717, 1.165) is 31.7 Å². The lowest BCUT2D eigenvalue weighted by Gasteiger charge is -2.34. The fraction of sp³-hybridized carbons (Fsp3) is 0.333. The Morgan fingerprint density at radius 1 is 1.03 bits per heavy atom. The third kappa shape index (κ3) is 5.77. The summed E-state index contributed by atoms with van der Waals surface area (Å²) in [6, 6.07) is 13.7. The molecule has 0 aromatic heterocycles. The van der Waals surface area contributed by atoms with Crippen LogP contribution < -0.4 is 15.5 Å². The summed E-state index contributed by atoms with van der Waals surface area (Å²) in [5.41, 5.74) is 2.29. The van der Waals surface area contributed by atoms with Crippen LogP contribution in [0.3, 0.4) is 0 Å². The van der Waals surface area contributed by atoms with Gasteiger partial charge in [0.2, 0.25) is 0 Å². The monoisotopic (exact) mass is 411 g/mol. The molecule has 2 N–H and O–H groups in total. The number of benzene rings is 2. The minimum absolute atomic E-state index is 0.159. The quantitative estimate of drug-likeness (QED) is 0.425. The number of carbonyl (C=O) groups excluding carboxylic acids is 2. The zero-order valence-corrected chi connectivity index (χ0v) is 16.8. The smallest absolute Gasteiger partial charge is 0.313 e. The Labute approximate surface area is 174 Å².